The van der Waals surface area contributed by atoms with Crippen molar-refractivity contribution in [2.24, 2.45) is 0 Å². The zero-order valence-electron chi connectivity index (χ0n) is 18.7. The van der Waals surface area contributed by atoms with Gasteiger partial charge in [-0.3, -0.25) is 0 Å². The van der Waals surface area contributed by atoms with Crippen molar-refractivity contribution in [3.8, 4) is 22.6 Å². The van der Waals surface area contributed by atoms with Crippen LogP contribution in [0.3, 0.4) is 0 Å². The van der Waals surface area contributed by atoms with Crippen LogP contribution in [0.2, 0.25) is 0 Å². The van der Waals surface area contributed by atoms with Gasteiger partial charge in [-0.1, -0.05) is 16.8 Å². The summed E-state index contributed by atoms with van der Waals surface area (Å²) in [7, 11) is 0. The Kier molecular flexibility index (Phi) is 6.04. The molecule has 0 aliphatic carbocycles. The summed E-state index contributed by atoms with van der Waals surface area (Å²) in [6.07, 6.45) is -8.47. The number of hydrogen-bond acceptors (Lipinski definition) is 4. The molecule has 0 saturated carbocycles. The molecule has 0 aliphatic heterocycles. The fraction of sp³-hybridized carbons (Fsp3) is 0.125. The van der Waals surface area contributed by atoms with Crippen LogP contribution < -0.4 is 4.68 Å². The van der Waals surface area contributed by atoms with E-state index in [9.17, 15) is 35.1 Å². The Bertz CT molecular complexity index is 1640. The van der Waals surface area contributed by atoms with E-state index in [1.165, 1.54) is 35.1 Å². The zero-order valence-corrected chi connectivity index (χ0v) is 18.7. The molecule has 3 heterocycles. The van der Waals surface area contributed by atoms with Crippen molar-refractivity contribution in [2.75, 3.05) is 0 Å². The van der Waals surface area contributed by atoms with E-state index in [1.54, 1.807) is 6.07 Å². The molecule has 0 bridgehead atoms. The molecule has 0 atom stereocenters. The second-order valence-electron chi connectivity index (χ2n) is 8.10. The van der Waals surface area contributed by atoms with Crippen LogP contribution in [0.25, 0.3) is 33.8 Å². The maximum Gasteiger partial charge on any atom is 0.417 e. The third-order valence-corrected chi connectivity index (χ3v) is 5.53. The Morgan fingerprint density at radius 3 is 2.29 bits per heavy atom. The lowest BCUT2D eigenvalue weighted by Gasteiger charge is -2.15. The van der Waals surface area contributed by atoms with Crippen LogP contribution in [0.1, 0.15) is 16.8 Å². The molecule has 14 heteroatoms. The van der Waals surface area contributed by atoms with Crippen LogP contribution in [-0.2, 0) is 18.9 Å². The van der Waals surface area contributed by atoms with Crippen molar-refractivity contribution < 1.29 is 39.8 Å². The highest BCUT2D eigenvalue weighted by Gasteiger charge is 2.38. The number of nitrogens with one attached hydrogen (secondary N) is 1. The first-order valence-electron chi connectivity index (χ1n) is 10.7. The number of aromatic amines is 1. The highest BCUT2D eigenvalue weighted by molar-refractivity contribution is 5.74. The van der Waals surface area contributed by atoms with Crippen LogP contribution in [0.4, 0.5) is 35.1 Å². The molecular weight excluding hydrogens is 524 g/mol. The van der Waals surface area contributed by atoms with Gasteiger partial charge in [-0.15, -0.1) is 5.10 Å². The van der Waals surface area contributed by atoms with Gasteiger partial charge in [-0.05, 0) is 36.4 Å². The van der Waals surface area contributed by atoms with E-state index in [4.69, 9.17) is 0 Å². The number of fused-ring (bicyclic) bond motifs is 1. The molecule has 5 aromatic rings. The monoisotopic (exact) mass is 537 g/mol. The maximum absolute atomic E-state index is 14.1. The largest absolute Gasteiger partial charge is 0.417 e. The van der Waals surface area contributed by atoms with E-state index in [-0.39, 0.29) is 41.0 Å². The molecule has 194 valence electrons. The van der Waals surface area contributed by atoms with Crippen molar-refractivity contribution in [1.29, 1.82) is 0 Å². The molecule has 6 nitrogen and oxygen atoms in total. The maximum atomic E-state index is 14.1. The van der Waals surface area contributed by atoms with Gasteiger partial charge >= 0.3 is 12.4 Å². The molecule has 0 spiro atoms. The van der Waals surface area contributed by atoms with Crippen LogP contribution in [0, 0.1) is 11.6 Å². The number of hydrogen-bond donors (Lipinski definition) is 1. The van der Waals surface area contributed by atoms with Crippen LogP contribution in [-0.4, -0.2) is 25.3 Å². The number of nitrogens with zero attached hydrogens (tertiary/aromatic N) is 5. The minimum Gasteiger partial charge on any atom is -0.336 e. The molecule has 0 saturated heterocycles. The van der Waals surface area contributed by atoms with Crippen LogP contribution in [0.5, 0.6) is 0 Å². The van der Waals surface area contributed by atoms with E-state index in [0.717, 1.165) is 6.07 Å². The lowest BCUT2D eigenvalue weighted by Crippen LogP contribution is -2.38. The first-order chi connectivity index (χ1) is 17.9. The van der Waals surface area contributed by atoms with Gasteiger partial charge in [0, 0.05) is 16.7 Å². The molecule has 0 fully saturated rings. The fourth-order valence-electron chi connectivity index (χ4n) is 3.72. The normalized spacial score (nSPS) is 12.3. The fourth-order valence-corrected chi connectivity index (χ4v) is 3.72. The molecular formula is C24H13F8N6+. The van der Waals surface area contributed by atoms with Gasteiger partial charge in [-0.2, -0.15) is 31.4 Å². The SMILES string of the molecule is Fc1cccc(-c2nc3n[n+](Cc4ccc(-c5ccc(C(F)(F)F)cc5C(F)(F)F)nn4)ccc3[nH]2)c1F. The highest BCUT2D eigenvalue weighted by Crippen LogP contribution is 2.40. The molecule has 0 aliphatic rings. The standard InChI is InChI=1S/C24H12F8N6/c25-17-3-1-2-15(20(17)26)21-33-19-8-9-38(37-22(19)34-21)11-13-5-7-18(36-35-13)14-6-4-12(23(27,28)29)10-16(14)24(30,31)32/h1-10H,11H2/p+1. The number of H-pyrrole nitrogens is 1. The second kappa shape index (κ2) is 9.11. The van der Waals surface area contributed by atoms with Crippen molar-refractivity contribution in [2.45, 2.75) is 18.9 Å². The Morgan fingerprint density at radius 2 is 1.61 bits per heavy atom. The van der Waals surface area contributed by atoms with Crippen molar-refractivity contribution in [3.05, 3.63) is 89.2 Å². The summed E-state index contributed by atoms with van der Waals surface area (Å²) >= 11 is 0. The van der Waals surface area contributed by atoms with Crippen molar-refractivity contribution in [3.63, 3.8) is 0 Å². The van der Waals surface area contributed by atoms with Gasteiger partial charge in [0.1, 0.15) is 11.5 Å². The van der Waals surface area contributed by atoms with Crippen LogP contribution in [0.15, 0.2) is 60.8 Å². The Balaban J connectivity index is 1.41. The van der Waals surface area contributed by atoms with E-state index in [2.05, 4.69) is 25.3 Å². The van der Waals surface area contributed by atoms with E-state index in [0.29, 0.717) is 17.6 Å². The predicted molar refractivity (Wildman–Crippen MR) is 116 cm³/mol. The van der Waals surface area contributed by atoms with Gasteiger partial charge in [0.05, 0.1) is 27.9 Å². The Labute approximate surface area is 207 Å². The minimum atomic E-state index is -5.05. The molecule has 38 heavy (non-hydrogen) atoms. The summed E-state index contributed by atoms with van der Waals surface area (Å²) in [5.41, 5.74) is -2.94. The van der Waals surface area contributed by atoms with Crippen LogP contribution >= 0.6 is 0 Å². The van der Waals surface area contributed by atoms with E-state index >= 15 is 0 Å². The Morgan fingerprint density at radius 1 is 0.816 bits per heavy atom. The second-order valence-corrected chi connectivity index (χ2v) is 8.10. The van der Waals surface area contributed by atoms with Gasteiger partial charge in [0.2, 0.25) is 12.2 Å². The molecule has 2 aromatic carbocycles. The van der Waals surface area contributed by atoms with Gasteiger partial charge in [0.15, 0.2) is 17.8 Å². The summed E-state index contributed by atoms with van der Waals surface area (Å²) < 4.78 is 108. The molecule has 3 aromatic heterocycles. The number of aromatic nitrogens is 6. The van der Waals surface area contributed by atoms with Crippen molar-refractivity contribution >= 4 is 11.2 Å². The predicted octanol–water partition coefficient (Wildman–Crippen LogP) is 5.73. The van der Waals surface area contributed by atoms with E-state index in [1.807, 2.05) is 0 Å². The lowest BCUT2D eigenvalue weighted by atomic mass is 10.00. The van der Waals surface area contributed by atoms with Crippen molar-refractivity contribution in [1.82, 2.24) is 25.3 Å². The summed E-state index contributed by atoms with van der Waals surface area (Å²) in [5, 5.41) is 11.9. The summed E-state index contributed by atoms with van der Waals surface area (Å²) in [5.74, 6) is -2.05. The van der Waals surface area contributed by atoms with Gasteiger partial charge in [0.25, 0.3) is 0 Å². The number of benzene rings is 2. The molecule has 5 rings (SSSR count). The summed E-state index contributed by atoms with van der Waals surface area (Å²) in [4.78, 5) is 7.02. The average molecular weight is 537 g/mol. The third kappa shape index (κ3) is 4.88. The first-order valence-corrected chi connectivity index (χ1v) is 10.7. The molecule has 0 unspecified atom stereocenters. The summed E-state index contributed by atoms with van der Waals surface area (Å²) in [6.45, 7) is 0.0128. The van der Waals surface area contributed by atoms with E-state index < -0.39 is 40.7 Å². The quantitative estimate of drug-likeness (QED) is 0.235. The Hall–Kier alpha value is -4.49. The average Bonchev–Trinajstić information content (AvgIpc) is 3.28. The topological polar surface area (TPSA) is 71.2 Å². The number of imidazole rings is 1. The highest BCUT2D eigenvalue weighted by atomic mass is 19.4. The molecule has 1 N–H and O–H groups in total. The number of alkyl halides is 6. The van der Waals surface area contributed by atoms with Gasteiger partial charge in [-0.25, -0.2) is 13.8 Å². The third-order valence-electron chi connectivity index (χ3n) is 5.53. The van der Waals surface area contributed by atoms with Gasteiger partial charge < -0.3 is 4.98 Å². The number of halogens is 8. The molecule has 0 amide bonds. The summed E-state index contributed by atoms with van der Waals surface area (Å²) in [6, 6.07) is 9.08. The smallest absolute Gasteiger partial charge is 0.336 e. The number of rotatable bonds is 4. The first kappa shape index (κ1) is 25.2. The minimum absolute atomic E-state index is 0.0128. The zero-order chi connectivity index (χ0) is 27.2. The molecule has 0 radical (unpaired) electrons. The lowest BCUT2D eigenvalue weighted by molar-refractivity contribution is -0.744.